The Balaban J connectivity index is 3.97. The zero-order valence-electron chi connectivity index (χ0n) is 12.6. The SMILES string of the molecule is CCN(CC)CCCN(CC)C(C)C(C)CN. The zero-order chi connectivity index (χ0) is 13.3. The molecular weight excluding hydrogens is 210 g/mol. The standard InChI is InChI=1S/C14H33N3/c1-6-16(7-2)10-9-11-17(8-3)14(5)13(4)12-15/h13-14H,6-12,15H2,1-5H3. The molecule has 2 atom stereocenters. The van der Waals surface area contributed by atoms with Crippen molar-refractivity contribution >= 4 is 0 Å². The van der Waals surface area contributed by atoms with Crippen LogP contribution in [0.4, 0.5) is 0 Å². The molecule has 0 spiro atoms. The second-order valence-corrected chi connectivity index (χ2v) is 4.96. The van der Waals surface area contributed by atoms with E-state index in [1.54, 1.807) is 0 Å². The smallest absolute Gasteiger partial charge is 0.0104 e. The van der Waals surface area contributed by atoms with E-state index >= 15 is 0 Å². The Hall–Kier alpha value is -0.120. The summed E-state index contributed by atoms with van der Waals surface area (Å²) in [6.45, 7) is 17.9. The van der Waals surface area contributed by atoms with Gasteiger partial charge in [0.2, 0.25) is 0 Å². The lowest BCUT2D eigenvalue weighted by Crippen LogP contribution is -2.41. The second-order valence-electron chi connectivity index (χ2n) is 4.96. The average Bonchev–Trinajstić information content (AvgIpc) is 2.37. The minimum absolute atomic E-state index is 0.586. The van der Waals surface area contributed by atoms with Gasteiger partial charge in [-0.05, 0) is 58.5 Å². The van der Waals surface area contributed by atoms with Crippen LogP contribution in [-0.4, -0.2) is 55.1 Å². The van der Waals surface area contributed by atoms with Gasteiger partial charge in [0.15, 0.2) is 0 Å². The molecule has 0 fully saturated rings. The van der Waals surface area contributed by atoms with Crippen molar-refractivity contribution in [2.45, 2.75) is 47.1 Å². The molecule has 0 radical (unpaired) electrons. The highest BCUT2D eigenvalue weighted by molar-refractivity contribution is 4.73. The van der Waals surface area contributed by atoms with Crippen LogP contribution < -0.4 is 5.73 Å². The third-order valence-corrected chi connectivity index (χ3v) is 3.99. The van der Waals surface area contributed by atoms with Crippen LogP contribution in [0.5, 0.6) is 0 Å². The fraction of sp³-hybridized carbons (Fsp3) is 1.00. The van der Waals surface area contributed by atoms with E-state index in [9.17, 15) is 0 Å². The molecule has 3 nitrogen and oxygen atoms in total. The van der Waals surface area contributed by atoms with E-state index in [1.807, 2.05) is 0 Å². The first kappa shape index (κ1) is 16.9. The van der Waals surface area contributed by atoms with E-state index in [-0.39, 0.29) is 0 Å². The Bertz CT molecular complexity index is 169. The molecule has 0 aromatic rings. The predicted molar refractivity (Wildman–Crippen MR) is 77.3 cm³/mol. The van der Waals surface area contributed by atoms with Crippen LogP contribution >= 0.6 is 0 Å². The normalized spacial score (nSPS) is 15.5. The molecule has 0 amide bonds. The number of nitrogens with two attached hydrogens (primary N) is 1. The van der Waals surface area contributed by atoms with Crippen LogP contribution in [0.25, 0.3) is 0 Å². The molecule has 0 heterocycles. The van der Waals surface area contributed by atoms with E-state index in [4.69, 9.17) is 5.73 Å². The molecule has 3 heteroatoms. The van der Waals surface area contributed by atoms with Gasteiger partial charge in [-0.15, -0.1) is 0 Å². The molecule has 2 N–H and O–H groups in total. The molecule has 0 bridgehead atoms. The maximum absolute atomic E-state index is 5.75. The van der Waals surface area contributed by atoms with E-state index in [2.05, 4.69) is 44.4 Å². The quantitative estimate of drug-likeness (QED) is 0.637. The Kier molecular flexibility index (Phi) is 9.79. The third-order valence-electron chi connectivity index (χ3n) is 3.99. The lowest BCUT2D eigenvalue weighted by molar-refractivity contribution is 0.161. The summed E-state index contributed by atoms with van der Waals surface area (Å²) in [6, 6.07) is 0.599. The van der Waals surface area contributed by atoms with Gasteiger partial charge in [-0.3, -0.25) is 0 Å². The van der Waals surface area contributed by atoms with E-state index < -0.39 is 0 Å². The lowest BCUT2D eigenvalue weighted by atomic mass is 10.0. The minimum Gasteiger partial charge on any atom is -0.330 e. The third kappa shape index (κ3) is 6.39. The van der Waals surface area contributed by atoms with E-state index in [0.717, 1.165) is 26.2 Å². The van der Waals surface area contributed by atoms with Crippen molar-refractivity contribution < 1.29 is 0 Å². The van der Waals surface area contributed by atoms with Crippen LogP contribution in [0.3, 0.4) is 0 Å². The maximum Gasteiger partial charge on any atom is 0.0104 e. The van der Waals surface area contributed by atoms with Crippen LogP contribution in [0.2, 0.25) is 0 Å². The second kappa shape index (κ2) is 9.86. The molecule has 0 saturated carbocycles. The largest absolute Gasteiger partial charge is 0.330 e. The first-order chi connectivity index (χ1) is 8.10. The monoisotopic (exact) mass is 243 g/mol. The first-order valence-electron chi connectivity index (χ1n) is 7.27. The Morgan fingerprint density at radius 2 is 1.53 bits per heavy atom. The van der Waals surface area contributed by atoms with Gasteiger partial charge in [0.05, 0.1) is 0 Å². The lowest BCUT2D eigenvalue weighted by Gasteiger charge is -2.32. The summed E-state index contributed by atoms with van der Waals surface area (Å²) in [5.74, 6) is 0.586. The summed E-state index contributed by atoms with van der Waals surface area (Å²) < 4.78 is 0. The first-order valence-corrected chi connectivity index (χ1v) is 7.27. The summed E-state index contributed by atoms with van der Waals surface area (Å²) in [6.07, 6.45) is 1.26. The summed E-state index contributed by atoms with van der Waals surface area (Å²) in [7, 11) is 0. The van der Waals surface area contributed by atoms with Crippen LogP contribution in [0, 0.1) is 5.92 Å². The van der Waals surface area contributed by atoms with Crippen LogP contribution in [0.1, 0.15) is 41.0 Å². The van der Waals surface area contributed by atoms with Gasteiger partial charge >= 0.3 is 0 Å². The van der Waals surface area contributed by atoms with Gasteiger partial charge in [-0.2, -0.15) is 0 Å². The average molecular weight is 243 g/mol. The molecule has 17 heavy (non-hydrogen) atoms. The summed E-state index contributed by atoms with van der Waals surface area (Å²) >= 11 is 0. The van der Waals surface area contributed by atoms with Crippen molar-refractivity contribution in [2.24, 2.45) is 11.7 Å². The van der Waals surface area contributed by atoms with Crippen molar-refractivity contribution in [2.75, 3.05) is 39.3 Å². The molecule has 0 aliphatic carbocycles. The molecule has 0 aromatic carbocycles. The van der Waals surface area contributed by atoms with Gasteiger partial charge < -0.3 is 15.5 Å². The Morgan fingerprint density at radius 1 is 0.941 bits per heavy atom. The van der Waals surface area contributed by atoms with Crippen molar-refractivity contribution in [1.29, 1.82) is 0 Å². The number of nitrogens with zero attached hydrogens (tertiary/aromatic N) is 2. The summed E-state index contributed by atoms with van der Waals surface area (Å²) in [5, 5.41) is 0. The van der Waals surface area contributed by atoms with Gasteiger partial charge in [0, 0.05) is 6.04 Å². The fourth-order valence-electron chi connectivity index (χ4n) is 2.24. The highest BCUT2D eigenvalue weighted by atomic mass is 15.2. The van der Waals surface area contributed by atoms with Crippen LogP contribution in [-0.2, 0) is 0 Å². The fourth-order valence-corrected chi connectivity index (χ4v) is 2.24. The van der Waals surface area contributed by atoms with Crippen LogP contribution in [0.15, 0.2) is 0 Å². The van der Waals surface area contributed by atoms with Crippen molar-refractivity contribution in [3.05, 3.63) is 0 Å². The molecule has 0 aromatic heterocycles. The molecule has 2 unspecified atom stereocenters. The number of rotatable bonds is 10. The zero-order valence-corrected chi connectivity index (χ0v) is 12.6. The van der Waals surface area contributed by atoms with Gasteiger partial charge in [0.25, 0.3) is 0 Å². The molecular formula is C14H33N3. The van der Waals surface area contributed by atoms with Gasteiger partial charge in [0.1, 0.15) is 0 Å². The molecule has 104 valence electrons. The molecule has 0 aliphatic rings. The number of hydrogen-bond donors (Lipinski definition) is 1. The van der Waals surface area contributed by atoms with E-state index in [1.165, 1.54) is 19.5 Å². The summed E-state index contributed by atoms with van der Waals surface area (Å²) in [5.41, 5.74) is 5.75. The van der Waals surface area contributed by atoms with Gasteiger partial charge in [-0.1, -0.05) is 27.7 Å². The summed E-state index contributed by atoms with van der Waals surface area (Å²) in [4.78, 5) is 5.05. The predicted octanol–water partition coefficient (Wildman–Crippen LogP) is 2.02. The highest BCUT2D eigenvalue weighted by Crippen LogP contribution is 2.10. The van der Waals surface area contributed by atoms with Crippen molar-refractivity contribution in [3.8, 4) is 0 Å². The van der Waals surface area contributed by atoms with Crippen molar-refractivity contribution in [3.63, 3.8) is 0 Å². The van der Waals surface area contributed by atoms with E-state index in [0.29, 0.717) is 12.0 Å². The molecule has 0 rings (SSSR count). The maximum atomic E-state index is 5.75. The Labute approximate surface area is 108 Å². The minimum atomic E-state index is 0.586. The topological polar surface area (TPSA) is 32.5 Å². The Morgan fingerprint density at radius 3 is 1.94 bits per heavy atom. The molecule has 0 saturated heterocycles. The molecule has 0 aliphatic heterocycles. The number of hydrogen-bond acceptors (Lipinski definition) is 3. The highest BCUT2D eigenvalue weighted by Gasteiger charge is 2.17. The van der Waals surface area contributed by atoms with Gasteiger partial charge in [-0.25, -0.2) is 0 Å². The van der Waals surface area contributed by atoms with Crippen molar-refractivity contribution in [1.82, 2.24) is 9.80 Å².